The van der Waals surface area contributed by atoms with E-state index in [1.165, 1.54) is 7.11 Å². The largest absolute Gasteiger partial charge is 0.488 e. The number of nitrogens with zero attached hydrogens (tertiary/aromatic N) is 4. The van der Waals surface area contributed by atoms with Crippen molar-refractivity contribution in [2.45, 2.75) is 90.7 Å². The van der Waals surface area contributed by atoms with Crippen LogP contribution < -0.4 is 15.4 Å². The van der Waals surface area contributed by atoms with Gasteiger partial charge in [0.1, 0.15) is 36.1 Å². The zero-order chi connectivity index (χ0) is 43.3. The Hall–Kier alpha value is -6.16. The summed E-state index contributed by atoms with van der Waals surface area (Å²) in [5, 5.41) is 16.5. The van der Waals surface area contributed by atoms with Crippen LogP contribution in [-0.4, -0.2) is 104 Å². The van der Waals surface area contributed by atoms with Crippen molar-refractivity contribution in [3.63, 3.8) is 0 Å². The molecule has 322 valence electrons. The average Bonchev–Trinajstić information content (AvgIpc) is 4.06. The molecular formula is C45H54N8O8. The van der Waals surface area contributed by atoms with Gasteiger partial charge in [-0.1, -0.05) is 45.9 Å². The molecular weight excluding hydrogens is 781 g/mol. The molecule has 0 saturated carbocycles. The lowest BCUT2D eigenvalue weighted by Crippen LogP contribution is -2.52. The second-order valence-electron chi connectivity index (χ2n) is 17.3. The van der Waals surface area contributed by atoms with Crippen LogP contribution in [0.5, 0.6) is 5.75 Å². The van der Waals surface area contributed by atoms with E-state index in [2.05, 4.69) is 50.9 Å². The summed E-state index contributed by atoms with van der Waals surface area (Å²) in [5.74, 6) is 1.38. The number of ether oxygens (including phenoxy) is 3. The van der Waals surface area contributed by atoms with Crippen molar-refractivity contribution in [2.24, 2.45) is 17.8 Å². The van der Waals surface area contributed by atoms with Crippen LogP contribution in [0.3, 0.4) is 0 Å². The average molecular weight is 835 g/mol. The van der Waals surface area contributed by atoms with E-state index in [1.54, 1.807) is 23.1 Å². The Morgan fingerprint density at radius 1 is 0.918 bits per heavy atom. The fourth-order valence-corrected chi connectivity index (χ4v) is 9.38. The number of fused-ring (bicyclic) bond motifs is 6. The Morgan fingerprint density at radius 2 is 1.69 bits per heavy atom. The standard InChI is InChI=1S/C45H54N8O8/c1-22(2)37(51-45(58)60-7)42(54)52-19-25(20-59-6)14-35(52)40-46-18-33(48-40)27-9-11-29-28(15-27)21-61-36-17-30-26(16-31(29)36)10-12-32-39(30)49-41(47-32)34-13-8-24(5)53(34)43(55)38(23(3)4)50-44(56)57/h9-12,15-18,22-25,34-35,37-38,50H,8,13-14,19-21H2,1-7H3,(H,46,48)(H,47,49)(H,51,58)(H,56,57)/t24-,25-,34-,35-,37?,38?/m0/s1. The Morgan fingerprint density at radius 3 is 2.41 bits per heavy atom. The first kappa shape index (κ1) is 41.6. The molecule has 8 rings (SSSR count). The molecule has 5 heterocycles. The smallest absolute Gasteiger partial charge is 0.407 e. The number of carbonyl (C=O) groups is 4. The van der Waals surface area contributed by atoms with Crippen LogP contribution in [0.15, 0.2) is 48.7 Å². The highest BCUT2D eigenvalue weighted by Gasteiger charge is 2.43. The molecule has 0 aliphatic carbocycles. The van der Waals surface area contributed by atoms with Crippen molar-refractivity contribution in [1.29, 1.82) is 0 Å². The van der Waals surface area contributed by atoms with Crippen molar-refractivity contribution in [3.8, 4) is 28.1 Å². The van der Waals surface area contributed by atoms with Crippen LogP contribution in [0.25, 0.3) is 44.2 Å². The number of likely N-dealkylation sites (tertiary alicyclic amines) is 2. The number of hydrogen-bond donors (Lipinski definition) is 5. The van der Waals surface area contributed by atoms with Gasteiger partial charge in [-0.3, -0.25) is 9.59 Å². The lowest BCUT2D eigenvalue weighted by Gasteiger charge is -2.32. The van der Waals surface area contributed by atoms with Crippen molar-refractivity contribution in [1.82, 2.24) is 40.4 Å². The van der Waals surface area contributed by atoms with Crippen LogP contribution in [0.4, 0.5) is 9.59 Å². The molecule has 2 aromatic heterocycles. The number of rotatable bonds is 11. The highest BCUT2D eigenvalue weighted by molar-refractivity contribution is 6.07. The Labute approximate surface area is 353 Å². The van der Waals surface area contributed by atoms with E-state index in [0.29, 0.717) is 44.2 Å². The number of carboxylic acid groups (broad SMARTS) is 1. The molecule has 16 heteroatoms. The fourth-order valence-electron chi connectivity index (χ4n) is 9.38. The molecule has 0 bridgehead atoms. The number of carbonyl (C=O) groups excluding carboxylic acids is 3. The van der Waals surface area contributed by atoms with Gasteiger partial charge in [-0.05, 0) is 84.4 Å². The molecule has 3 aliphatic rings. The molecule has 3 aromatic carbocycles. The quantitative estimate of drug-likeness (QED) is 0.0929. The SMILES string of the molecule is COC[C@H]1C[C@@H](c2ncc(-c3ccc4c(c3)COc3cc5c(ccc6nc([C@@H]7CC[C@H](C)N7C(=O)C(NC(=O)O)C(C)C)[nH]c65)cc3-4)[nH]2)N(C(=O)C(NC(=O)OC)C(C)C)C1. The summed E-state index contributed by atoms with van der Waals surface area (Å²) in [7, 11) is 2.93. The zero-order valence-electron chi connectivity index (χ0n) is 35.6. The number of nitrogens with one attached hydrogen (secondary N) is 4. The lowest BCUT2D eigenvalue weighted by atomic mass is 9.92. The molecule has 5 aromatic rings. The minimum Gasteiger partial charge on any atom is -0.488 e. The van der Waals surface area contributed by atoms with Crippen molar-refractivity contribution < 1.29 is 38.5 Å². The predicted octanol–water partition coefficient (Wildman–Crippen LogP) is 6.93. The lowest BCUT2D eigenvalue weighted by molar-refractivity contribution is -0.137. The van der Waals surface area contributed by atoms with Crippen LogP contribution in [-0.2, 0) is 25.7 Å². The number of hydrogen-bond acceptors (Lipinski definition) is 9. The van der Waals surface area contributed by atoms with Crippen LogP contribution in [0, 0.1) is 17.8 Å². The number of benzene rings is 3. The van der Waals surface area contributed by atoms with E-state index >= 15 is 0 Å². The number of alkyl carbamates (subject to hydrolysis) is 1. The summed E-state index contributed by atoms with van der Waals surface area (Å²) in [6.45, 7) is 10.8. The normalized spacial score (nSPS) is 20.7. The first-order valence-corrected chi connectivity index (χ1v) is 21.0. The van der Waals surface area contributed by atoms with Gasteiger partial charge in [0.15, 0.2) is 0 Å². The van der Waals surface area contributed by atoms with Crippen LogP contribution in [0.2, 0.25) is 0 Å². The van der Waals surface area contributed by atoms with E-state index in [-0.39, 0.29) is 47.7 Å². The zero-order valence-corrected chi connectivity index (χ0v) is 35.6. The molecule has 5 N–H and O–H groups in total. The second-order valence-corrected chi connectivity index (χ2v) is 17.3. The van der Waals surface area contributed by atoms with E-state index in [1.807, 2.05) is 46.8 Å². The summed E-state index contributed by atoms with van der Waals surface area (Å²) in [4.78, 5) is 71.8. The fraction of sp³-hybridized carbons (Fsp3) is 0.467. The number of H-pyrrole nitrogens is 2. The molecule has 0 spiro atoms. The number of amides is 4. The number of imidazole rings is 2. The van der Waals surface area contributed by atoms with Gasteiger partial charge >= 0.3 is 12.2 Å². The first-order chi connectivity index (χ1) is 29.3. The third-order valence-corrected chi connectivity index (χ3v) is 12.5. The maximum Gasteiger partial charge on any atom is 0.407 e. The maximum absolute atomic E-state index is 13.9. The van der Waals surface area contributed by atoms with E-state index in [9.17, 15) is 24.3 Å². The monoisotopic (exact) mass is 834 g/mol. The molecule has 16 nitrogen and oxygen atoms in total. The third kappa shape index (κ3) is 7.84. The molecule has 2 unspecified atom stereocenters. The number of methoxy groups -OCH3 is 2. The van der Waals surface area contributed by atoms with Crippen molar-refractivity contribution in [2.75, 3.05) is 27.4 Å². The van der Waals surface area contributed by atoms with Gasteiger partial charge in [-0.25, -0.2) is 19.6 Å². The molecule has 4 amide bonds. The third-order valence-electron chi connectivity index (χ3n) is 12.5. The Balaban J connectivity index is 1.05. The van der Waals surface area contributed by atoms with E-state index in [4.69, 9.17) is 24.2 Å². The van der Waals surface area contributed by atoms with Gasteiger partial charge in [0.25, 0.3) is 0 Å². The van der Waals surface area contributed by atoms with E-state index < -0.39 is 24.3 Å². The highest BCUT2D eigenvalue weighted by atomic mass is 16.5. The van der Waals surface area contributed by atoms with Crippen LogP contribution >= 0.6 is 0 Å². The van der Waals surface area contributed by atoms with Gasteiger partial charge in [-0.2, -0.15) is 0 Å². The van der Waals surface area contributed by atoms with Gasteiger partial charge in [0, 0.05) is 36.6 Å². The molecule has 2 saturated heterocycles. The Bertz CT molecular complexity index is 2490. The summed E-state index contributed by atoms with van der Waals surface area (Å²) in [6, 6.07) is 12.2. The summed E-state index contributed by atoms with van der Waals surface area (Å²) in [5.41, 5.74) is 6.42. The first-order valence-electron chi connectivity index (χ1n) is 21.0. The summed E-state index contributed by atoms with van der Waals surface area (Å²) >= 11 is 0. The number of aromatic amines is 2. The van der Waals surface area contributed by atoms with Gasteiger partial charge in [0.05, 0.1) is 48.7 Å². The van der Waals surface area contributed by atoms with Crippen molar-refractivity contribution >= 4 is 45.8 Å². The molecule has 6 atom stereocenters. The minimum atomic E-state index is -1.22. The van der Waals surface area contributed by atoms with Gasteiger partial charge in [0.2, 0.25) is 11.8 Å². The molecule has 2 fully saturated rings. The predicted molar refractivity (Wildman–Crippen MR) is 228 cm³/mol. The van der Waals surface area contributed by atoms with Crippen molar-refractivity contribution in [3.05, 3.63) is 65.9 Å². The molecule has 3 aliphatic heterocycles. The summed E-state index contributed by atoms with van der Waals surface area (Å²) < 4.78 is 16.7. The van der Waals surface area contributed by atoms with Gasteiger partial charge < -0.3 is 49.7 Å². The Kier molecular flexibility index (Phi) is 11.4. The number of aromatic nitrogens is 4. The minimum absolute atomic E-state index is 0.0707. The maximum atomic E-state index is 13.9. The van der Waals surface area contributed by atoms with Gasteiger partial charge in [-0.15, -0.1) is 0 Å². The highest BCUT2D eigenvalue weighted by Crippen LogP contribution is 2.44. The topological polar surface area (TPSA) is 204 Å². The molecule has 0 radical (unpaired) electrons. The van der Waals surface area contributed by atoms with Crippen LogP contribution in [0.1, 0.15) is 83.2 Å². The van der Waals surface area contributed by atoms with E-state index in [0.717, 1.165) is 61.9 Å². The summed E-state index contributed by atoms with van der Waals surface area (Å²) in [6.07, 6.45) is 2.07. The molecule has 61 heavy (non-hydrogen) atoms. The second kappa shape index (κ2) is 16.7.